The van der Waals surface area contributed by atoms with E-state index in [0.717, 1.165) is 13.0 Å². The van der Waals surface area contributed by atoms with Gasteiger partial charge >= 0.3 is 0 Å². The fraction of sp³-hybridized carbons (Fsp3) is 1.00. The molecule has 0 bridgehead atoms. The Morgan fingerprint density at radius 1 is 1.25 bits per heavy atom. The van der Waals surface area contributed by atoms with Crippen LogP contribution in [0.4, 0.5) is 0 Å². The number of hydrogen-bond acceptors (Lipinski definition) is 4. The monoisotopic (exact) mass is 303 g/mol. The van der Waals surface area contributed by atoms with Crippen molar-refractivity contribution in [3.8, 4) is 0 Å². The molecule has 1 spiro atoms. The fourth-order valence-electron chi connectivity index (χ4n) is 4.05. The van der Waals surface area contributed by atoms with Crippen LogP contribution >= 0.6 is 0 Å². The highest BCUT2D eigenvalue weighted by molar-refractivity contribution is 7.91. The van der Waals surface area contributed by atoms with Gasteiger partial charge in [0.05, 0.1) is 11.9 Å². The standard InChI is InChI=1S/C15H29NO3S/c1-4-19-14-12-13(15(14)8-6-7-9-15)16(3)10-11-20(17,18)5-2/h13-14H,4-12H2,1-3H3. The summed E-state index contributed by atoms with van der Waals surface area (Å²) >= 11 is 0. The summed E-state index contributed by atoms with van der Waals surface area (Å²) in [4.78, 5) is 2.27. The molecule has 5 heteroatoms. The Kier molecular flexibility index (Phi) is 5.14. The Labute approximate surface area is 123 Å². The van der Waals surface area contributed by atoms with Crippen LogP contribution in [-0.4, -0.2) is 57.2 Å². The minimum absolute atomic E-state index is 0.248. The molecule has 2 aliphatic rings. The number of hydrogen-bond donors (Lipinski definition) is 0. The fourth-order valence-corrected chi connectivity index (χ4v) is 4.91. The van der Waals surface area contributed by atoms with Crippen molar-refractivity contribution >= 4 is 9.84 Å². The summed E-state index contributed by atoms with van der Waals surface area (Å²) in [5.41, 5.74) is 0.306. The van der Waals surface area contributed by atoms with Crippen molar-refractivity contribution in [3.05, 3.63) is 0 Å². The molecule has 20 heavy (non-hydrogen) atoms. The summed E-state index contributed by atoms with van der Waals surface area (Å²) in [6, 6.07) is 0.508. The summed E-state index contributed by atoms with van der Waals surface area (Å²) in [5, 5.41) is 0. The molecular weight excluding hydrogens is 274 g/mol. The first kappa shape index (κ1) is 16.2. The van der Waals surface area contributed by atoms with E-state index >= 15 is 0 Å². The lowest BCUT2D eigenvalue weighted by Crippen LogP contribution is -2.63. The third kappa shape index (κ3) is 3.04. The maximum Gasteiger partial charge on any atom is 0.151 e. The molecule has 2 atom stereocenters. The van der Waals surface area contributed by atoms with E-state index in [2.05, 4.69) is 18.9 Å². The van der Waals surface area contributed by atoms with Crippen molar-refractivity contribution < 1.29 is 13.2 Å². The predicted molar refractivity (Wildman–Crippen MR) is 81.7 cm³/mol. The van der Waals surface area contributed by atoms with Gasteiger partial charge in [-0.15, -0.1) is 0 Å². The van der Waals surface area contributed by atoms with Crippen molar-refractivity contribution in [2.24, 2.45) is 5.41 Å². The van der Waals surface area contributed by atoms with Gasteiger partial charge in [-0.25, -0.2) is 8.42 Å². The first-order valence-corrected chi connectivity index (χ1v) is 9.79. The topological polar surface area (TPSA) is 46.6 Å². The van der Waals surface area contributed by atoms with Gasteiger partial charge in [0, 0.05) is 30.4 Å². The first-order chi connectivity index (χ1) is 9.45. The molecule has 2 unspecified atom stereocenters. The molecule has 0 aromatic carbocycles. The average Bonchev–Trinajstić information content (AvgIpc) is 2.93. The number of nitrogens with zero attached hydrogens (tertiary/aromatic N) is 1. The third-order valence-electron chi connectivity index (χ3n) is 5.37. The molecule has 2 aliphatic carbocycles. The first-order valence-electron chi connectivity index (χ1n) is 7.97. The highest BCUT2D eigenvalue weighted by Crippen LogP contribution is 2.56. The Morgan fingerprint density at radius 3 is 2.45 bits per heavy atom. The minimum Gasteiger partial charge on any atom is -0.378 e. The van der Waals surface area contributed by atoms with Crippen LogP contribution in [0, 0.1) is 5.41 Å². The van der Waals surface area contributed by atoms with Crippen LogP contribution in [0.5, 0.6) is 0 Å². The second-order valence-corrected chi connectivity index (χ2v) is 8.83. The zero-order valence-corrected chi connectivity index (χ0v) is 13.9. The molecule has 0 aromatic rings. The van der Waals surface area contributed by atoms with Gasteiger partial charge in [0.2, 0.25) is 0 Å². The van der Waals surface area contributed by atoms with E-state index in [1.807, 2.05) is 0 Å². The Hall–Kier alpha value is -0.130. The van der Waals surface area contributed by atoms with Crippen LogP contribution in [-0.2, 0) is 14.6 Å². The zero-order chi connectivity index (χ0) is 14.8. The molecule has 0 amide bonds. The Morgan fingerprint density at radius 2 is 1.90 bits per heavy atom. The molecule has 0 aliphatic heterocycles. The smallest absolute Gasteiger partial charge is 0.151 e. The average molecular weight is 303 g/mol. The van der Waals surface area contributed by atoms with Crippen LogP contribution in [0.15, 0.2) is 0 Å². The lowest BCUT2D eigenvalue weighted by atomic mass is 9.60. The lowest BCUT2D eigenvalue weighted by Gasteiger charge is -2.57. The van der Waals surface area contributed by atoms with Crippen LogP contribution in [0.1, 0.15) is 46.0 Å². The molecular formula is C15H29NO3S. The SMILES string of the molecule is CCOC1CC(N(C)CCS(=O)(=O)CC)C12CCCC2. The summed E-state index contributed by atoms with van der Waals surface area (Å²) < 4.78 is 29.2. The largest absolute Gasteiger partial charge is 0.378 e. The van der Waals surface area contributed by atoms with Gasteiger partial charge in [-0.3, -0.25) is 0 Å². The summed E-state index contributed by atoms with van der Waals surface area (Å²) in [6.07, 6.45) is 6.53. The van der Waals surface area contributed by atoms with Crippen LogP contribution in [0.3, 0.4) is 0 Å². The Bertz CT molecular complexity index is 415. The van der Waals surface area contributed by atoms with Crippen LogP contribution in [0.2, 0.25) is 0 Å². The maximum atomic E-state index is 11.7. The summed E-state index contributed by atoms with van der Waals surface area (Å²) in [6.45, 7) is 5.23. The molecule has 0 radical (unpaired) electrons. The molecule has 2 fully saturated rings. The van der Waals surface area contributed by atoms with E-state index in [9.17, 15) is 8.42 Å². The van der Waals surface area contributed by atoms with Crippen molar-refractivity contribution in [1.29, 1.82) is 0 Å². The second-order valence-electron chi connectivity index (χ2n) is 6.35. The van der Waals surface area contributed by atoms with Crippen molar-refractivity contribution in [1.82, 2.24) is 4.90 Å². The molecule has 0 N–H and O–H groups in total. The lowest BCUT2D eigenvalue weighted by molar-refractivity contribution is -0.159. The van der Waals surface area contributed by atoms with E-state index in [-0.39, 0.29) is 11.5 Å². The zero-order valence-electron chi connectivity index (χ0n) is 13.1. The van der Waals surface area contributed by atoms with E-state index in [4.69, 9.17) is 4.74 Å². The van der Waals surface area contributed by atoms with Crippen molar-refractivity contribution in [2.45, 2.75) is 58.1 Å². The molecule has 4 nitrogen and oxygen atoms in total. The van der Waals surface area contributed by atoms with E-state index in [1.54, 1.807) is 6.92 Å². The molecule has 118 valence electrons. The van der Waals surface area contributed by atoms with Crippen LogP contribution in [0.25, 0.3) is 0 Å². The summed E-state index contributed by atoms with van der Waals surface area (Å²) in [7, 11) is -0.783. The third-order valence-corrected chi connectivity index (χ3v) is 7.06. The predicted octanol–water partition coefficient (Wildman–Crippen LogP) is 2.09. The minimum atomic E-state index is -2.86. The quantitative estimate of drug-likeness (QED) is 0.722. The molecule has 0 heterocycles. The number of sulfone groups is 1. The second kappa shape index (κ2) is 6.32. The van der Waals surface area contributed by atoms with Gasteiger partial charge in [-0.05, 0) is 33.2 Å². The maximum absolute atomic E-state index is 11.7. The number of ether oxygens (including phenoxy) is 1. The number of rotatable bonds is 7. The van der Waals surface area contributed by atoms with Gasteiger partial charge in [0.1, 0.15) is 0 Å². The van der Waals surface area contributed by atoms with Gasteiger partial charge in [0.15, 0.2) is 9.84 Å². The molecule has 2 saturated carbocycles. The van der Waals surface area contributed by atoms with E-state index in [0.29, 0.717) is 24.1 Å². The normalized spacial score (nSPS) is 29.0. The van der Waals surface area contributed by atoms with Gasteiger partial charge in [0.25, 0.3) is 0 Å². The van der Waals surface area contributed by atoms with Gasteiger partial charge in [-0.1, -0.05) is 19.8 Å². The highest BCUT2D eigenvalue weighted by atomic mass is 32.2. The highest BCUT2D eigenvalue weighted by Gasteiger charge is 2.57. The van der Waals surface area contributed by atoms with Crippen molar-refractivity contribution in [2.75, 3.05) is 31.7 Å². The van der Waals surface area contributed by atoms with E-state index < -0.39 is 9.84 Å². The molecule has 0 saturated heterocycles. The summed E-state index contributed by atoms with van der Waals surface area (Å²) in [5.74, 6) is 0.532. The molecule has 0 aromatic heterocycles. The van der Waals surface area contributed by atoms with Crippen molar-refractivity contribution in [3.63, 3.8) is 0 Å². The van der Waals surface area contributed by atoms with Gasteiger partial charge in [-0.2, -0.15) is 0 Å². The van der Waals surface area contributed by atoms with Gasteiger partial charge < -0.3 is 9.64 Å². The Balaban J connectivity index is 1.95. The van der Waals surface area contributed by atoms with Crippen LogP contribution < -0.4 is 0 Å². The molecule has 2 rings (SSSR count). The van der Waals surface area contributed by atoms with E-state index in [1.165, 1.54) is 25.7 Å².